The van der Waals surface area contributed by atoms with Gasteiger partial charge in [0.15, 0.2) is 0 Å². The smallest absolute Gasteiger partial charge is 0.123 e. The minimum Gasteiger partial charge on any atom is -0.508 e. The molecule has 3 aromatic rings. The zero-order valence-corrected chi connectivity index (χ0v) is 23.7. The second kappa shape index (κ2) is 11.2. The highest BCUT2D eigenvalue weighted by atomic mass is 19.1. The lowest BCUT2D eigenvalue weighted by atomic mass is 9.59. The van der Waals surface area contributed by atoms with Crippen LogP contribution in [0.2, 0.25) is 0 Å². The van der Waals surface area contributed by atoms with Gasteiger partial charge in [0, 0.05) is 37.6 Å². The molecule has 2 aliphatic heterocycles. The Labute approximate surface area is 237 Å². The van der Waals surface area contributed by atoms with Crippen LogP contribution in [0.3, 0.4) is 0 Å². The highest BCUT2D eigenvalue weighted by Crippen LogP contribution is 2.51. The van der Waals surface area contributed by atoms with Gasteiger partial charge < -0.3 is 14.9 Å². The number of benzene rings is 3. The lowest BCUT2D eigenvalue weighted by molar-refractivity contribution is 0.0835. The molecule has 2 fully saturated rings. The highest BCUT2D eigenvalue weighted by Gasteiger charge is 2.48. The molecule has 0 radical (unpaired) electrons. The number of nitrogens with zero attached hydrogens (tertiary/aromatic N) is 3. The van der Waals surface area contributed by atoms with E-state index in [2.05, 4.69) is 40.8 Å². The number of piperazine rings is 1. The number of halogens is 2. The zero-order chi connectivity index (χ0) is 27.9. The van der Waals surface area contributed by atoms with Gasteiger partial charge in [-0.15, -0.1) is 0 Å². The average Bonchev–Trinajstić information content (AvgIpc) is 3.03. The first kappa shape index (κ1) is 27.4. The van der Waals surface area contributed by atoms with Crippen LogP contribution < -0.4 is 0 Å². The summed E-state index contributed by atoms with van der Waals surface area (Å²) in [7, 11) is 2.28. The van der Waals surface area contributed by atoms with Gasteiger partial charge in [-0.3, -0.25) is 4.90 Å². The van der Waals surface area contributed by atoms with E-state index >= 15 is 0 Å². The number of phenolic OH excluding ortho intramolecular Hbond substituents is 1. The largest absolute Gasteiger partial charge is 0.508 e. The molecule has 2 heterocycles. The van der Waals surface area contributed by atoms with Gasteiger partial charge >= 0.3 is 0 Å². The van der Waals surface area contributed by atoms with Crippen LogP contribution in [0, 0.1) is 17.6 Å². The Morgan fingerprint density at radius 1 is 0.875 bits per heavy atom. The molecule has 4 nitrogen and oxygen atoms in total. The number of hydrogen-bond acceptors (Lipinski definition) is 4. The molecule has 6 rings (SSSR count). The van der Waals surface area contributed by atoms with Crippen LogP contribution in [-0.2, 0) is 11.8 Å². The van der Waals surface area contributed by atoms with Crippen molar-refractivity contribution in [2.45, 2.75) is 50.1 Å². The van der Waals surface area contributed by atoms with Gasteiger partial charge in [0.25, 0.3) is 0 Å². The monoisotopic (exact) mass is 545 g/mol. The summed E-state index contributed by atoms with van der Waals surface area (Å²) in [4.78, 5) is 7.60. The van der Waals surface area contributed by atoms with Gasteiger partial charge in [-0.05, 0) is 110 Å². The SMILES string of the molecule is CC1[C@@H]2Cc3ccc(O)cc3[C@@]1(CCN1CCN(C(c3ccc(F)cc3)c3ccc(F)cc3)CC1)CCCN2C. The van der Waals surface area contributed by atoms with Crippen LogP contribution in [-0.4, -0.2) is 72.2 Å². The fraction of sp³-hybridized carbons (Fsp3) is 0.471. The summed E-state index contributed by atoms with van der Waals surface area (Å²) in [6.07, 6.45) is 4.48. The molecule has 3 aliphatic rings. The molecule has 3 aromatic carbocycles. The van der Waals surface area contributed by atoms with E-state index in [1.54, 1.807) is 0 Å². The zero-order valence-electron chi connectivity index (χ0n) is 23.7. The number of rotatable bonds is 6. The predicted molar refractivity (Wildman–Crippen MR) is 156 cm³/mol. The molecule has 1 aliphatic carbocycles. The molecule has 212 valence electrons. The second-order valence-corrected chi connectivity index (χ2v) is 12.3. The number of phenols is 1. The van der Waals surface area contributed by atoms with Crippen molar-refractivity contribution in [2.24, 2.45) is 5.92 Å². The summed E-state index contributed by atoms with van der Waals surface area (Å²) < 4.78 is 27.5. The van der Waals surface area contributed by atoms with Gasteiger partial charge in [0.1, 0.15) is 17.4 Å². The molecular formula is C34H41F2N3O. The van der Waals surface area contributed by atoms with Crippen LogP contribution in [0.25, 0.3) is 0 Å². The first-order valence-electron chi connectivity index (χ1n) is 14.8. The summed E-state index contributed by atoms with van der Waals surface area (Å²) in [5, 5.41) is 10.5. The number of likely N-dealkylation sites (N-methyl/N-ethyl adjacent to an activating group) is 1. The molecule has 2 saturated heterocycles. The van der Waals surface area contributed by atoms with E-state index < -0.39 is 0 Å². The molecule has 40 heavy (non-hydrogen) atoms. The fourth-order valence-corrected chi connectivity index (χ4v) is 7.93. The minimum absolute atomic E-state index is 0.0340. The lowest BCUT2D eigenvalue weighted by Crippen LogP contribution is -2.52. The van der Waals surface area contributed by atoms with Crippen molar-refractivity contribution in [1.29, 1.82) is 0 Å². The number of aromatic hydroxyl groups is 1. The van der Waals surface area contributed by atoms with Crippen molar-refractivity contribution in [3.63, 3.8) is 0 Å². The third-order valence-electron chi connectivity index (χ3n) is 10.2. The summed E-state index contributed by atoms with van der Waals surface area (Å²) >= 11 is 0. The van der Waals surface area contributed by atoms with Crippen molar-refractivity contribution < 1.29 is 13.9 Å². The van der Waals surface area contributed by atoms with E-state index in [9.17, 15) is 13.9 Å². The van der Waals surface area contributed by atoms with Gasteiger partial charge in [-0.2, -0.15) is 0 Å². The van der Waals surface area contributed by atoms with E-state index in [1.165, 1.54) is 41.8 Å². The van der Waals surface area contributed by atoms with Crippen molar-refractivity contribution >= 4 is 0 Å². The molecule has 0 spiro atoms. The lowest BCUT2D eigenvalue weighted by Gasteiger charge is -2.49. The minimum atomic E-state index is -0.246. The summed E-state index contributed by atoms with van der Waals surface area (Å²) in [5.74, 6) is 0.411. The average molecular weight is 546 g/mol. The van der Waals surface area contributed by atoms with E-state index in [1.807, 2.05) is 30.3 Å². The maximum atomic E-state index is 13.7. The number of fused-ring (bicyclic) bond motifs is 4. The molecule has 1 unspecified atom stereocenters. The predicted octanol–water partition coefficient (Wildman–Crippen LogP) is 5.99. The maximum Gasteiger partial charge on any atom is 0.123 e. The quantitative estimate of drug-likeness (QED) is 0.412. The second-order valence-electron chi connectivity index (χ2n) is 12.3. The van der Waals surface area contributed by atoms with Crippen molar-refractivity contribution in [2.75, 3.05) is 46.3 Å². The van der Waals surface area contributed by atoms with Gasteiger partial charge in [-0.25, -0.2) is 8.78 Å². The normalized spacial score (nSPS) is 26.0. The van der Waals surface area contributed by atoms with Crippen molar-refractivity contribution in [3.8, 4) is 5.75 Å². The molecule has 1 N–H and O–H groups in total. The first-order valence-corrected chi connectivity index (χ1v) is 14.8. The molecular weight excluding hydrogens is 504 g/mol. The highest BCUT2D eigenvalue weighted by molar-refractivity contribution is 5.44. The van der Waals surface area contributed by atoms with Crippen molar-refractivity contribution in [3.05, 3.63) is 101 Å². The molecule has 0 aromatic heterocycles. The van der Waals surface area contributed by atoms with Gasteiger partial charge in [0.2, 0.25) is 0 Å². The Hall–Kier alpha value is -2.80. The van der Waals surface area contributed by atoms with Crippen molar-refractivity contribution in [1.82, 2.24) is 14.7 Å². The van der Waals surface area contributed by atoms with Crippen LogP contribution in [0.5, 0.6) is 5.75 Å². The Morgan fingerprint density at radius 3 is 2.12 bits per heavy atom. The Morgan fingerprint density at radius 2 is 1.50 bits per heavy atom. The maximum absolute atomic E-state index is 13.7. The first-order chi connectivity index (χ1) is 19.3. The third kappa shape index (κ3) is 5.17. The number of hydrogen-bond donors (Lipinski definition) is 1. The van der Waals surface area contributed by atoms with Gasteiger partial charge in [-0.1, -0.05) is 37.3 Å². The molecule has 6 heteroatoms. The van der Waals surface area contributed by atoms with E-state index in [-0.39, 0.29) is 23.1 Å². The Bertz CT molecular complexity index is 1260. The molecule has 0 amide bonds. The Balaban J connectivity index is 1.19. The fourth-order valence-electron chi connectivity index (χ4n) is 7.93. The van der Waals surface area contributed by atoms with Crippen LogP contribution in [0.1, 0.15) is 54.5 Å². The van der Waals surface area contributed by atoms with Crippen LogP contribution in [0.15, 0.2) is 66.7 Å². The number of likely N-dealkylation sites (tertiary alicyclic amines) is 1. The van der Waals surface area contributed by atoms with E-state index in [0.29, 0.717) is 17.7 Å². The summed E-state index contributed by atoms with van der Waals surface area (Å²) in [6.45, 7) is 8.30. The summed E-state index contributed by atoms with van der Waals surface area (Å²) in [6, 6.07) is 20.0. The molecule has 2 bridgehead atoms. The molecule has 3 atom stereocenters. The molecule has 0 saturated carbocycles. The standard InChI is InChI=1S/C34H41F2N3O/c1-24-32-22-27-8-13-30(40)23-31(27)34(24,14-3-16-37(32)2)15-17-38-18-20-39(21-19-38)33(25-4-9-28(35)10-5-25)26-6-11-29(36)12-7-26/h4-13,23-24,32-33,40H,3,14-22H2,1-2H3/t24?,32-,34+/m0/s1. The Kier molecular flexibility index (Phi) is 7.68. The van der Waals surface area contributed by atoms with E-state index in [4.69, 9.17) is 0 Å². The van der Waals surface area contributed by atoms with Crippen LogP contribution >= 0.6 is 0 Å². The third-order valence-corrected chi connectivity index (χ3v) is 10.2. The van der Waals surface area contributed by atoms with Crippen LogP contribution in [0.4, 0.5) is 8.78 Å². The topological polar surface area (TPSA) is 30.0 Å². The van der Waals surface area contributed by atoms with Gasteiger partial charge in [0.05, 0.1) is 6.04 Å². The summed E-state index contributed by atoms with van der Waals surface area (Å²) in [5.41, 5.74) is 4.91. The van der Waals surface area contributed by atoms with E-state index in [0.717, 1.165) is 69.7 Å².